The lowest BCUT2D eigenvalue weighted by Crippen LogP contribution is -2.27. The summed E-state index contributed by atoms with van der Waals surface area (Å²) in [5.41, 5.74) is 0.342. The minimum Gasteiger partial charge on any atom is -0.511 e. The highest BCUT2D eigenvalue weighted by atomic mass is 16.5. The van der Waals surface area contributed by atoms with E-state index in [2.05, 4.69) is 0 Å². The summed E-state index contributed by atoms with van der Waals surface area (Å²) in [4.78, 5) is 24.1. The Morgan fingerprint density at radius 2 is 2.04 bits per heavy atom. The van der Waals surface area contributed by atoms with E-state index in [4.69, 9.17) is 14.2 Å². The molecule has 0 fully saturated rings. The number of carbonyl (C=O) groups is 2. The number of hydrogen-bond donors (Lipinski definition) is 1. The molecule has 0 saturated carbocycles. The first-order chi connectivity index (χ1) is 12.0. The number of allylic oxidation sites excluding steroid dienone is 1. The van der Waals surface area contributed by atoms with Crippen LogP contribution in [0.3, 0.4) is 0 Å². The van der Waals surface area contributed by atoms with Crippen LogP contribution in [0.1, 0.15) is 32.8 Å². The lowest BCUT2D eigenvalue weighted by Gasteiger charge is -2.20. The first-order valence-corrected chi connectivity index (χ1v) is 8.21. The molecule has 1 heterocycles. The van der Waals surface area contributed by atoms with Crippen molar-refractivity contribution in [1.82, 2.24) is 0 Å². The molecular weight excluding hydrogens is 324 g/mol. The van der Waals surface area contributed by atoms with E-state index in [0.29, 0.717) is 30.3 Å². The van der Waals surface area contributed by atoms with Crippen LogP contribution in [0, 0.1) is 0 Å². The fourth-order valence-electron chi connectivity index (χ4n) is 2.46. The van der Waals surface area contributed by atoms with Crippen molar-refractivity contribution in [3.05, 3.63) is 41.2 Å². The van der Waals surface area contributed by atoms with E-state index in [1.165, 1.54) is 12.2 Å². The first kappa shape index (κ1) is 18.6. The molecule has 1 aromatic carbocycles. The number of aliphatic hydroxyl groups is 1. The largest absolute Gasteiger partial charge is 0.511 e. The average molecular weight is 346 g/mol. The van der Waals surface area contributed by atoms with Gasteiger partial charge < -0.3 is 19.3 Å². The van der Waals surface area contributed by atoms with Crippen LogP contribution in [-0.2, 0) is 14.3 Å². The molecule has 1 aliphatic rings. The van der Waals surface area contributed by atoms with E-state index in [1.54, 1.807) is 25.1 Å². The highest BCUT2D eigenvalue weighted by Crippen LogP contribution is 2.27. The molecule has 1 aliphatic heterocycles. The van der Waals surface area contributed by atoms with Crippen molar-refractivity contribution >= 4 is 17.8 Å². The maximum absolute atomic E-state index is 12.3. The maximum atomic E-state index is 12.3. The summed E-state index contributed by atoms with van der Waals surface area (Å²) in [6, 6.07) is 5.27. The maximum Gasteiger partial charge on any atom is 0.345 e. The van der Waals surface area contributed by atoms with Crippen LogP contribution in [0.2, 0.25) is 0 Å². The van der Waals surface area contributed by atoms with Gasteiger partial charge in [0.15, 0.2) is 5.78 Å². The Kier molecular flexibility index (Phi) is 6.22. The van der Waals surface area contributed by atoms with Gasteiger partial charge in [-0.15, -0.1) is 0 Å². The van der Waals surface area contributed by atoms with Crippen LogP contribution in [0.15, 0.2) is 35.6 Å². The van der Waals surface area contributed by atoms with Gasteiger partial charge in [-0.2, -0.15) is 0 Å². The molecule has 0 aromatic heterocycles. The summed E-state index contributed by atoms with van der Waals surface area (Å²) >= 11 is 0. The highest BCUT2D eigenvalue weighted by Gasteiger charge is 2.30. The van der Waals surface area contributed by atoms with Crippen LogP contribution in [-0.4, -0.2) is 36.2 Å². The molecule has 0 saturated heterocycles. The number of ketones is 1. The van der Waals surface area contributed by atoms with Crippen molar-refractivity contribution in [3.63, 3.8) is 0 Å². The van der Waals surface area contributed by atoms with Crippen molar-refractivity contribution in [2.75, 3.05) is 13.2 Å². The van der Waals surface area contributed by atoms with E-state index >= 15 is 0 Å². The standard InChI is InChI=1S/C19H22O6/c1-4-23-14-8-6-13(17(11-14)24-5-2)7-9-15(20)18-16(21)10-12(3)25-19(18)22/h6-9,11-12,21H,4-5,10H2,1-3H3/b9-7+. The summed E-state index contributed by atoms with van der Waals surface area (Å²) < 4.78 is 16.0. The fourth-order valence-corrected chi connectivity index (χ4v) is 2.46. The minimum absolute atomic E-state index is 0.133. The van der Waals surface area contributed by atoms with Gasteiger partial charge in [0.05, 0.1) is 13.2 Å². The van der Waals surface area contributed by atoms with Gasteiger partial charge in [-0.05, 0) is 45.1 Å². The number of aliphatic hydroxyl groups excluding tert-OH is 1. The number of cyclic esters (lactones) is 1. The molecule has 25 heavy (non-hydrogen) atoms. The fraction of sp³-hybridized carbons (Fsp3) is 0.368. The predicted molar refractivity (Wildman–Crippen MR) is 92.6 cm³/mol. The number of hydrogen-bond acceptors (Lipinski definition) is 6. The highest BCUT2D eigenvalue weighted by molar-refractivity contribution is 6.23. The second-order valence-corrected chi connectivity index (χ2v) is 5.50. The third kappa shape index (κ3) is 4.62. The van der Waals surface area contributed by atoms with E-state index < -0.39 is 17.9 Å². The summed E-state index contributed by atoms with van der Waals surface area (Å²) in [5.74, 6) is -0.418. The molecule has 0 spiro atoms. The Hall–Kier alpha value is -2.76. The van der Waals surface area contributed by atoms with Gasteiger partial charge in [0.2, 0.25) is 0 Å². The molecule has 0 aliphatic carbocycles. The SMILES string of the molecule is CCOc1ccc(/C=C/C(=O)C2=C(O)CC(C)OC2=O)c(OCC)c1. The van der Waals surface area contributed by atoms with Crippen LogP contribution < -0.4 is 9.47 Å². The molecule has 2 rings (SSSR count). The predicted octanol–water partition coefficient (Wildman–Crippen LogP) is 3.21. The number of esters is 1. The third-order valence-corrected chi connectivity index (χ3v) is 3.54. The molecule has 0 bridgehead atoms. The van der Waals surface area contributed by atoms with Crippen LogP contribution in [0.25, 0.3) is 6.08 Å². The molecule has 1 unspecified atom stereocenters. The monoisotopic (exact) mass is 346 g/mol. The Morgan fingerprint density at radius 3 is 2.68 bits per heavy atom. The summed E-state index contributed by atoms with van der Waals surface area (Å²) in [6.07, 6.45) is 2.45. The van der Waals surface area contributed by atoms with Gasteiger partial charge in [0.1, 0.15) is 28.9 Å². The van der Waals surface area contributed by atoms with Crippen LogP contribution in [0.4, 0.5) is 0 Å². The number of rotatable bonds is 7. The van der Waals surface area contributed by atoms with Crippen molar-refractivity contribution < 1.29 is 28.9 Å². The molecule has 1 atom stereocenters. The van der Waals surface area contributed by atoms with Gasteiger partial charge in [-0.25, -0.2) is 4.79 Å². The molecule has 0 radical (unpaired) electrons. The molecule has 1 N–H and O–H groups in total. The lowest BCUT2D eigenvalue weighted by molar-refractivity contribution is -0.146. The van der Waals surface area contributed by atoms with Gasteiger partial charge in [0, 0.05) is 18.1 Å². The normalized spacial score (nSPS) is 17.6. The Labute approximate surface area is 146 Å². The van der Waals surface area contributed by atoms with Crippen LogP contribution >= 0.6 is 0 Å². The quantitative estimate of drug-likeness (QED) is 0.464. The van der Waals surface area contributed by atoms with Crippen molar-refractivity contribution in [3.8, 4) is 11.5 Å². The van der Waals surface area contributed by atoms with Gasteiger partial charge in [-0.3, -0.25) is 4.79 Å². The van der Waals surface area contributed by atoms with Gasteiger partial charge in [0.25, 0.3) is 0 Å². The van der Waals surface area contributed by atoms with E-state index in [-0.39, 0.29) is 17.8 Å². The lowest BCUT2D eigenvalue weighted by atomic mass is 10.0. The number of benzene rings is 1. The summed E-state index contributed by atoms with van der Waals surface area (Å²) in [7, 11) is 0. The van der Waals surface area contributed by atoms with Gasteiger partial charge >= 0.3 is 5.97 Å². The first-order valence-electron chi connectivity index (χ1n) is 8.21. The third-order valence-electron chi connectivity index (χ3n) is 3.54. The molecule has 6 nitrogen and oxygen atoms in total. The topological polar surface area (TPSA) is 82.1 Å². The second kappa shape index (κ2) is 8.37. The number of carbonyl (C=O) groups excluding carboxylic acids is 2. The average Bonchev–Trinajstić information content (AvgIpc) is 2.53. The second-order valence-electron chi connectivity index (χ2n) is 5.50. The van der Waals surface area contributed by atoms with Crippen molar-refractivity contribution in [2.45, 2.75) is 33.3 Å². The van der Waals surface area contributed by atoms with E-state index in [0.717, 1.165) is 0 Å². The Morgan fingerprint density at radius 1 is 1.32 bits per heavy atom. The minimum atomic E-state index is -0.803. The van der Waals surface area contributed by atoms with Gasteiger partial charge in [-0.1, -0.05) is 0 Å². The zero-order chi connectivity index (χ0) is 18.4. The summed E-state index contributed by atoms with van der Waals surface area (Å²) in [5, 5.41) is 9.89. The zero-order valence-electron chi connectivity index (χ0n) is 14.6. The smallest absolute Gasteiger partial charge is 0.345 e. The zero-order valence-corrected chi connectivity index (χ0v) is 14.6. The molecule has 6 heteroatoms. The molecule has 134 valence electrons. The van der Waals surface area contributed by atoms with Crippen molar-refractivity contribution in [2.24, 2.45) is 0 Å². The van der Waals surface area contributed by atoms with E-state index in [1.807, 2.05) is 13.8 Å². The Bertz CT molecular complexity index is 717. The van der Waals surface area contributed by atoms with E-state index in [9.17, 15) is 14.7 Å². The van der Waals surface area contributed by atoms with Crippen molar-refractivity contribution in [1.29, 1.82) is 0 Å². The number of ether oxygens (including phenoxy) is 3. The molecule has 1 aromatic rings. The summed E-state index contributed by atoms with van der Waals surface area (Å²) in [6.45, 7) is 6.39. The molecule has 0 amide bonds. The molecular formula is C19H22O6. The Balaban J connectivity index is 2.24. The van der Waals surface area contributed by atoms with Crippen LogP contribution in [0.5, 0.6) is 11.5 Å².